The Kier molecular flexibility index (Phi) is 4.49. The van der Waals surface area contributed by atoms with Crippen molar-refractivity contribution in [2.45, 2.75) is 17.8 Å². The molecule has 0 saturated heterocycles. The molecule has 0 aliphatic carbocycles. The number of halogens is 1. The summed E-state index contributed by atoms with van der Waals surface area (Å²) >= 11 is 1.45. The van der Waals surface area contributed by atoms with Gasteiger partial charge in [-0.15, -0.1) is 5.10 Å². The molecule has 0 aliphatic rings. The zero-order valence-corrected chi connectivity index (χ0v) is 14.7. The zero-order valence-electron chi connectivity index (χ0n) is 13.8. The molecular formula is C18H14FN5OS. The van der Waals surface area contributed by atoms with Gasteiger partial charge in [0.2, 0.25) is 11.0 Å². The summed E-state index contributed by atoms with van der Waals surface area (Å²) in [5.41, 5.74) is 3.39. The maximum atomic E-state index is 13.3. The number of benzene rings is 2. The van der Waals surface area contributed by atoms with E-state index in [1.165, 1.54) is 29.5 Å². The van der Waals surface area contributed by atoms with E-state index >= 15 is 0 Å². The molecule has 26 heavy (non-hydrogen) atoms. The lowest BCUT2D eigenvalue weighted by Gasteiger charge is -2.03. The summed E-state index contributed by atoms with van der Waals surface area (Å²) in [6.45, 7) is 2.03. The minimum Gasteiger partial charge on any atom is -0.444 e. The SMILES string of the molecule is Cc1ccc(-n2nnnc2SCc2coc(-c3cccc(F)c3)n2)cc1. The number of nitrogens with zero attached hydrogens (tertiary/aromatic N) is 5. The summed E-state index contributed by atoms with van der Waals surface area (Å²) in [5.74, 6) is 0.595. The third-order valence-electron chi connectivity index (χ3n) is 3.69. The highest BCUT2D eigenvalue weighted by molar-refractivity contribution is 7.98. The molecule has 0 spiro atoms. The van der Waals surface area contributed by atoms with Gasteiger partial charge in [0.25, 0.3) is 0 Å². The van der Waals surface area contributed by atoms with E-state index in [9.17, 15) is 4.39 Å². The Bertz CT molecular complexity index is 1030. The Morgan fingerprint density at radius 3 is 2.81 bits per heavy atom. The van der Waals surface area contributed by atoms with Crippen LogP contribution in [0.25, 0.3) is 17.1 Å². The third kappa shape index (κ3) is 3.50. The first-order valence-corrected chi connectivity index (χ1v) is 8.86. The van der Waals surface area contributed by atoms with Crippen LogP contribution in [0.1, 0.15) is 11.3 Å². The third-order valence-corrected chi connectivity index (χ3v) is 4.64. The van der Waals surface area contributed by atoms with Crippen LogP contribution in [0.5, 0.6) is 0 Å². The van der Waals surface area contributed by atoms with Crippen LogP contribution in [0.4, 0.5) is 4.39 Å². The summed E-state index contributed by atoms with van der Waals surface area (Å²) in [7, 11) is 0. The molecule has 0 bridgehead atoms. The van der Waals surface area contributed by atoms with Crippen molar-refractivity contribution in [3.05, 3.63) is 71.9 Å². The van der Waals surface area contributed by atoms with Crippen molar-refractivity contribution in [2.75, 3.05) is 0 Å². The van der Waals surface area contributed by atoms with Crippen molar-refractivity contribution in [1.82, 2.24) is 25.2 Å². The van der Waals surface area contributed by atoms with Crippen LogP contribution in [0.15, 0.2) is 64.4 Å². The molecule has 0 N–H and O–H groups in total. The first kappa shape index (κ1) is 16.5. The fourth-order valence-electron chi connectivity index (χ4n) is 2.38. The quantitative estimate of drug-likeness (QED) is 0.496. The zero-order chi connectivity index (χ0) is 17.9. The lowest BCUT2D eigenvalue weighted by molar-refractivity contribution is 0.571. The summed E-state index contributed by atoms with van der Waals surface area (Å²) in [6, 6.07) is 14.1. The van der Waals surface area contributed by atoms with Crippen LogP contribution in [0.2, 0.25) is 0 Å². The van der Waals surface area contributed by atoms with E-state index in [-0.39, 0.29) is 5.82 Å². The molecule has 0 atom stereocenters. The minimum atomic E-state index is -0.325. The topological polar surface area (TPSA) is 69.6 Å². The number of thioether (sulfide) groups is 1. The van der Waals surface area contributed by atoms with Gasteiger partial charge in [0.15, 0.2) is 0 Å². The van der Waals surface area contributed by atoms with Gasteiger partial charge < -0.3 is 4.42 Å². The second-order valence-corrected chi connectivity index (χ2v) is 6.59. The molecule has 0 aliphatic heterocycles. The highest BCUT2D eigenvalue weighted by atomic mass is 32.2. The van der Waals surface area contributed by atoms with Gasteiger partial charge in [0, 0.05) is 11.3 Å². The van der Waals surface area contributed by atoms with Crippen LogP contribution in [0, 0.1) is 12.7 Å². The lowest BCUT2D eigenvalue weighted by atomic mass is 10.2. The van der Waals surface area contributed by atoms with Gasteiger partial charge >= 0.3 is 0 Å². The van der Waals surface area contributed by atoms with E-state index in [1.54, 1.807) is 23.1 Å². The maximum absolute atomic E-state index is 13.3. The van der Waals surface area contributed by atoms with Crippen molar-refractivity contribution >= 4 is 11.8 Å². The van der Waals surface area contributed by atoms with E-state index in [0.29, 0.717) is 22.4 Å². The number of hydrogen-bond acceptors (Lipinski definition) is 6. The smallest absolute Gasteiger partial charge is 0.226 e. The first-order chi connectivity index (χ1) is 12.7. The second-order valence-electron chi connectivity index (χ2n) is 5.65. The van der Waals surface area contributed by atoms with Crippen molar-refractivity contribution in [3.63, 3.8) is 0 Å². The molecule has 0 fully saturated rings. The Morgan fingerprint density at radius 2 is 2.00 bits per heavy atom. The molecule has 6 nitrogen and oxygen atoms in total. The van der Waals surface area contributed by atoms with E-state index in [4.69, 9.17) is 4.42 Å². The van der Waals surface area contributed by atoms with E-state index in [2.05, 4.69) is 20.5 Å². The number of hydrogen-bond donors (Lipinski definition) is 0. The van der Waals surface area contributed by atoms with Crippen molar-refractivity contribution in [3.8, 4) is 17.1 Å². The van der Waals surface area contributed by atoms with E-state index in [0.717, 1.165) is 11.4 Å². The van der Waals surface area contributed by atoms with Gasteiger partial charge in [-0.2, -0.15) is 4.68 Å². The van der Waals surface area contributed by atoms with Gasteiger partial charge in [0.05, 0.1) is 11.4 Å². The van der Waals surface area contributed by atoms with Gasteiger partial charge in [-0.1, -0.05) is 35.5 Å². The Hall–Kier alpha value is -3.00. The average Bonchev–Trinajstić information content (AvgIpc) is 3.30. The molecule has 0 saturated carbocycles. The summed E-state index contributed by atoms with van der Waals surface area (Å²) < 4.78 is 20.5. The predicted molar refractivity (Wildman–Crippen MR) is 95.3 cm³/mol. The standard InChI is InChI=1S/C18H14FN5OS/c1-12-5-7-16(8-6-12)24-18(21-22-23-24)26-11-15-10-25-17(20-15)13-3-2-4-14(19)9-13/h2-10H,11H2,1H3. The molecule has 0 unspecified atom stereocenters. The molecule has 2 aromatic heterocycles. The van der Waals surface area contributed by atoms with Gasteiger partial charge in [-0.25, -0.2) is 9.37 Å². The van der Waals surface area contributed by atoms with Crippen molar-refractivity contribution < 1.29 is 8.81 Å². The normalized spacial score (nSPS) is 11.0. The summed E-state index contributed by atoms with van der Waals surface area (Å²) in [6.07, 6.45) is 1.56. The molecule has 130 valence electrons. The summed E-state index contributed by atoms with van der Waals surface area (Å²) in [4.78, 5) is 4.40. The molecule has 4 rings (SSSR count). The van der Waals surface area contributed by atoms with E-state index in [1.807, 2.05) is 31.2 Å². The Labute approximate surface area is 153 Å². The average molecular weight is 367 g/mol. The summed E-state index contributed by atoms with van der Waals surface area (Å²) in [5, 5.41) is 12.5. The fourth-order valence-corrected chi connectivity index (χ4v) is 3.15. The van der Waals surface area contributed by atoms with Gasteiger partial charge in [-0.05, 0) is 47.7 Å². The molecular weight excluding hydrogens is 353 g/mol. The predicted octanol–water partition coefficient (Wildman–Crippen LogP) is 4.06. The van der Waals surface area contributed by atoms with E-state index < -0.39 is 0 Å². The monoisotopic (exact) mass is 367 g/mol. The van der Waals surface area contributed by atoms with Crippen LogP contribution in [-0.2, 0) is 5.75 Å². The number of aryl methyl sites for hydroxylation is 1. The first-order valence-electron chi connectivity index (χ1n) is 7.87. The Morgan fingerprint density at radius 1 is 1.15 bits per heavy atom. The van der Waals surface area contributed by atoms with Gasteiger partial charge in [-0.3, -0.25) is 0 Å². The number of tetrazole rings is 1. The van der Waals surface area contributed by atoms with Crippen LogP contribution in [-0.4, -0.2) is 25.2 Å². The largest absolute Gasteiger partial charge is 0.444 e. The Balaban J connectivity index is 1.49. The lowest BCUT2D eigenvalue weighted by Crippen LogP contribution is -1.99. The van der Waals surface area contributed by atoms with Crippen molar-refractivity contribution in [2.24, 2.45) is 0 Å². The number of oxazole rings is 1. The van der Waals surface area contributed by atoms with Crippen LogP contribution in [0.3, 0.4) is 0 Å². The molecule has 4 aromatic rings. The molecule has 2 heterocycles. The molecule has 2 aromatic carbocycles. The second kappa shape index (κ2) is 7.09. The van der Waals surface area contributed by atoms with Crippen molar-refractivity contribution in [1.29, 1.82) is 0 Å². The highest BCUT2D eigenvalue weighted by Crippen LogP contribution is 2.25. The number of rotatable bonds is 5. The highest BCUT2D eigenvalue weighted by Gasteiger charge is 2.12. The van der Waals surface area contributed by atoms with Gasteiger partial charge in [0.1, 0.15) is 12.1 Å². The van der Waals surface area contributed by atoms with Crippen LogP contribution >= 0.6 is 11.8 Å². The maximum Gasteiger partial charge on any atom is 0.226 e. The van der Waals surface area contributed by atoms with Crippen LogP contribution < -0.4 is 0 Å². The fraction of sp³-hybridized carbons (Fsp3) is 0.111. The molecule has 0 amide bonds. The molecule has 0 radical (unpaired) electrons. The number of aromatic nitrogens is 5. The minimum absolute atomic E-state index is 0.325. The molecule has 8 heteroatoms.